The van der Waals surface area contributed by atoms with Crippen LogP contribution in [0.5, 0.6) is 0 Å². The molecule has 4 unspecified atom stereocenters. The van der Waals surface area contributed by atoms with Gasteiger partial charge in [0.15, 0.2) is 0 Å². The van der Waals surface area contributed by atoms with Crippen LogP contribution in [0.3, 0.4) is 0 Å². The van der Waals surface area contributed by atoms with Crippen molar-refractivity contribution in [3.63, 3.8) is 0 Å². The van der Waals surface area contributed by atoms with Gasteiger partial charge in [-0.25, -0.2) is 0 Å². The van der Waals surface area contributed by atoms with Crippen molar-refractivity contribution < 1.29 is 51.4 Å². The molecule has 502 valence electrons. The van der Waals surface area contributed by atoms with Crippen LogP contribution >= 0.6 is 45.3 Å². The van der Waals surface area contributed by atoms with Gasteiger partial charge in [-0.2, -0.15) is 6.42 Å². The van der Waals surface area contributed by atoms with Gasteiger partial charge in [0.05, 0.1) is 33.6 Å². The van der Waals surface area contributed by atoms with Gasteiger partial charge in [0.25, 0.3) is 0 Å². The van der Waals surface area contributed by atoms with Crippen LogP contribution in [-0.4, -0.2) is 61.3 Å². The molecule has 90 heavy (non-hydrogen) atoms. The summed E-state index contributed by atoms with van der Waals surface area (Å²) in [6.45, 7) is 53.9. The molecule has 2 aliphatic carbocycles. The molecule has 3 fully saturated rings. The van der Waals surface area contributed by atoms with Gasteiger partial charge in [-0.05, 0) is 204 Å². The number of hydrogen-bond acceptors (Lipinski definition) is 11. The minimum absolute atomic E-state index is 0. The third-order valence-corrected chi connectivity index (χ3v) is 26.4. The largest absolute Gasteiger partial charge is 1.00 e. The molecule has 0 radical (unpaired) electrons. The van der Waals surface area contributed by atoms with Crippen LogP contribution < -0.4 is 28.4 Å². The Morgan fingerprint density at radius 3 is 0.956 bits per heavy atom. The molecule has 0 N–H and O–H groups in total. The maximum atomic E-state index is 6.64. The van der Waals surface area contributed by atoms with Gasteiger partial charge in [-0.1, -0.05) is 171 Å². The minimum Gasteiger partial charge on any atom is -0.399 e. The van der Waals surface area contributed by atoms with Gasteiger partial charge < -0.3 is 39.5 Å². The summed E-state index contributed by atoms with van der Waals surface area (Å²) in [6.07, 6.45) is 28.5. The fraction of sp³-hybridized carbons (Fsp3) is 0.773. The second-order valence-corrected chi connectivity index (χ2v) is 34.5. The molecule has 7 nitrogen and oxygen atoms in total. The van der Waals surface area contributed by atoms with Crippen molar-refractivity contribution in [1.82, 2.24) is 0 Å². The molecule has 3 aliphatic heterocycles. The van der Waals surface area contributed by atoms with Crippen LogP contribution in [0.25, 0.3) is 19.5 Å². The summed E-state index contributed by atoms with van der Waals surface area (Å²) in [6, 6.07) is 9.96. The summed E-state index contributed by atoms with van der Waals surface area (Å²) < 4.78 is 45.7. The Bertz CT molecular complexity index is 2540. The Labute approximate surface area is 581 Å². The number of hydrogen-bond donors (Lipinski definition) is 0. The Balaban J connectivity index is 0.000000275. The second kappa shape index (κ2) is 34.2. The first-order valence-electron chi connectivity index (χ1n) is 35.9. The van der Waals surface area contributed by atoms with Crippen molar-refractivity contribution in [3.05, 3.63) is 64.2 Å². The van der Waals surface area contributed by atoms with Crippen molar-refractivity contribution in [2.45, 2.75) is 351 Å². The molecule has 4 aromatic heterocycles. The van der Waals surface area contributed by atoms with E-state index in [1.165, 1.54) is 165 Å². The van der Waals surface area contributed by atoms with E-state index in [0.717, 1.165) is 18.3 Å². The smallest absolute Gasteiger partial charge is 0.399 e. The zero-order valence-corrected chi connectivity index (χ0v) is 65.1. The molecule has 4 aromatic rings. The van der Waals surface area contributed by atoms with Crippen molar-refractivity contribution in [2.24, 2.45) is 23.7 Å². The first-order valence-corrected chi connectivity index (χ1v) is 39.3. The Morgan fingerprint density at radius 1 is 0.422 bits per heavy atom. The van der Waals surface area contributed by atoms with E-state index in [9.17, 15) is 0 Å². The van der Waals surface area contributed by atoms with E-state index in [1.54, 1.807) is 20.9 Å². The monoisotopic (exact) mass is 1310 g/mol. The first-order chi connectivity index (χ1) is 41.9. The second-order valence-electron chi connectivity index (χ2n) is 30.5. The topological polar surface area (TPSA) is 64.6 Å². The fourth-order valence-corrected chi connectivity index (χ4v) is 18.7. The Hall–Kier alpha value is -0.688. The zero-order chi connectivity index (χ0) is 66.0. The number of thiophene rings is 4. The third kappa shape index (κ3) is 18.1. The van der Waals surface area contributed by atoms with E-state index in [1.807, 2.05) is 86.9 Å². The van der Waals surface area contributed by atoms with Crippen LogP contribution in [0.1, 0.15) is 323 Å². The average Bonchev–Trinajstić information content (AvgIpc) is 1.57. The minimum atomic E-state index is -0.523. The predicted molar refractivity (Wildman–Crippen MR) is 393 cm³/mol. The summed E-state index contributed by atoms with van der Waals surface area (Å²) in [5.74, 6) is 3.08. The normalized spacial score (nSPS) is 20.8. The summed E-state index contributed by atoms with van der Waals surface area (Å²) >= 11 is 7.76. The van der Waals surface area contributed by atoms with Crippen molar-refractivity contribution >= 4 is 76.5 Å². The van der Waals surface area contributed by atoms with Gasteiger partial charge in [-0.15, -0.1) is 45.3 Å². The first kappa shape index (κ1) is 80.0. The molecule has 0 bridgehead atoms. The van der Waals surface area contributed by atoms with E-state index in [-0.39, 0.29) is 83.6 Å². The van der Waals surface area contributed by atoms with E-state index < -0.39 is 7.32 Å². The predicted octanol–water partition coefficient (Wildman–Crippen LogP) is 19.8. The molecule has 15 heteroatoms. The van der Waals surface area contributed by atoms with Gasteiger partial charge in [0.2, 0.25) is 0 Å². The molecule has 0 aromatic carbocycles. The quantitative estimate of drug-likeness (QED) is 0.0396. The summed E-state index contributed by atoms with van der Waals surface area (Å²) in [4.78, 5) is 6.04. The van der Waals surface area contributed by atoms with Crippen molar-refractivity contribution in [3.8, 4) is 19.5 Å². The van der Waals surface area contributed by atoms with Gasteiger partial charge >= 0.3 is 40.4 Å². The van der Waals surface area contributed by atoms with Gasteiger partial charge in [0.1, 0.15) is 0 Å². The van der Waals surface area contributed by atoms with Crippen molar-refractivity contribution in [1.29, 1.82) is 0 Å². The molecule has 3 saturated heterocycles. The van der Waals surface area contributed by atoms with Crippen LogP contribution in [0.4, 0.5) is 0 Å². The van der Waals surface area contributed by atoms with Gasteiger partial charge in [-0.3, -0.25) is 0 Å². The molecular weight excluding hydrogens is 1180 g/mol. The number of unbranched alkanes of at least 4 members (excludes halogenated alkanes) is 5. The standard InChI is InChI=1S/C37H60B2O4S2.C25H38S2.C9H19BO3.C4H9.Li/c1-13-17-19-25(15-3)23-37(24-26(16-4)20-18-14-2)27-21-29(38-40-33(5,6)34(7,8)41-38)44-31(27)32-28(37)22-30(45-32)39-42-35(9,10)36(11,12)43-39;1-5-9-11-19(7-3)17-25(18-20(8-4)12-10-6-2)21-13-15-26-23(21)24-22(25)14-16-27-24;1-7(2)11-10-12-8(3,4)9(5,6)13-10;1-3-4-2;/h21-22,25-26H,13-20,23-24H2,1-12H3;13-16,19-20H,5-12,17-18H2,1-4H3;7H,1-6H3;1,3-4H2,2H3;/q;;;-1;+1. The molecule has 7 heterocycles. The maximum Gasteiger partial charge on any atom is 1.00 e. The summed E-state index contributed by atoms with van der Waals surface area (Å²) in [5.41, 5.74) is 4.65. The molecule has 9 rings (SSSR count). The molecule has 5 aliphatic rings. The van der Waals surface area contributed by atoms with E-state index in [0.29, 0.717) is 11.8 Å². The maximum absolute atomic E-state index is 6.64. The summed E-state index contributed by atoms with van der Waals surface area (Å²) in [5, 5.41) is 4.70. The molecule has 0 amide bonds. The average molecular weight is 1310 g/mol. The van der Waals surface area contributed by atoms with Crippen LogP contribution in [0.15, 0.2) is 35.0 Å². The van der Waals surface area contributed by atoms with E-state index >= 15 is 0 Å². The van der Waals surface area contributed by atoms with E-state index in [2.05, 4.69) is 160 Å². The molecule has 0 saturated carbocycles. The SMILES string of the molecule is CC(C)OB1OC(C)(C)C(C)(C)O1.CCCCC(CC)CC1(CC(CC)CCCC)c2cc(B3OC(C)(C)C(C)(C)O3)sc2-c2sc(B3OC(C)(C)C(C)(C)O3)cc21.CCCCC(CC)CC1(CC(CC)CCCC)c2ccsc2-c2sccc21.[CH2-]CCC.[Li+]. The summed E-state index contributed by atoms with van der Waals surface area (Å²) in [7, 11) is -1.19. The zero-order valence-electron chi connectivity index (χ0n) is 61.8. The third-order valence-electron chi connectivity index (χ3n) is 22.0. The van der Waals surface area contributed by atoms with Crippen LogP contribution in [0.2, 0.25) is 0 Å². The molecule has 0 spiro atoms. The molecular formula is C75H126B3LiO7S4. The van der Waals surface area contributed by atoms with Gasteiger partial charge in [0, 0.05) is 46.0 Å². The number of fused-ring (bicyclic) bond motifs is 6. The molecule has 4 atom stereocenters. The van der Waals surface area contributed by atoms with Crippen LogP contribution in [0, 0.1) is 30.6 Å². The number of rotatable bonds is 29. The van der Waals surface area contributed by atoms with Crippen molar-refractivity contribution in [2.75, 3.05) is 0 Å². The fourth-order valence-electron chi connectivity index (χ4n) is 13.9. The van der Waals surface area contributed by atoms with Crippen LogP contribution in [-0.2, 0) is 43.4 Å². The Morgan fingerprint density at radius 2 is 0.700 bits per heavy atom. The Kier molecular flexibility index (Phi) is 30.4. The van der Waals surface area contributed by atoms with E-state index in [4.69, 9.17) is 32.6 Å².